The van der Waals surface area contributed by atoms with Crippen molar-refractivity contribution in [1.29, 1.82) is 0 Å². The molecule has 0 amide bonds. The second kappa shape index (κ2) is 5.60. The first kappa shape index (κ1) is 12.5. The highest BCUT2D eigenvalue weighted by molar-refractivity contribution is 6.29. The lowest BCUT2D eigenvalue weighted by atomic mass is 10.1. The Balaban J connectivity index is 2.28. The van der Waals surface area contributed by atoms with Crippen LogP contribution in [0.15, 0.2) is 36.8 Å². The summed E-state index contributed by atoms with van der Waals surface area (Å²) in [4.78, 5) is 20.0. The smallest absolute Gasteiger partial charge is 0.196 e. The van der Waals surface area contributed by atoms with Crippen LogP contribution < -0.4 is 4.74 Å². The highest BCUT2D eigenvalue weighted by atomic mass is 35.5. The summed E-state index contributed by atoms with van der Waals surface area (Å²) in [7, 11) is 0. The number of rotatable bonds is 4. The van der Waals surface area contributed by atoms with Crippen LogP contribution in [-0.4, -0.2) is 22.4 Å². The summed E-state index contributed by atoms with van der Waals surface area (Å²) in [6, 6.07) is 4.87. The molecule has 0 spiro atoms. The Morgan fingerprint density at radius 1 is 1.28 bits per heavy atom. The zero-order valence-corrected chi connectivity index (χ0v) is 10.5. The molecule has 2 heterocycles. The molecule has 4 nitrogen and oxygen atoms in total. The van der Waals surface area contributed by atoms with E-state index in [1.54, 1.807) is 24.4 Å². The Morgan fingerprint density at radius 3 is 2.78 bits per heavy atom. The van der Waals surface area contributed by atoms with Crippen LogP contribution in [0.25, 0.3) is 0 Å². The van der Waals surface area contributed by atoms with Crippen LogP contribution in [0.2, 0.25) is 5.15 Å². The Bertz CT molecular complexity index is 555. The van der Waals surface area contributed by atoms with Crippen LogP contribution >= 0.6 is 11.6 Å². The molecule has 0 radical (unpaired) electrons. The predicted octanol–water partition coefficient (Wildman–Crippen LogP) is 2.76. The van der Waals surface area contributed by atoms with Crippen molar-refractivity contribution in [2.75, 3.05) is 6.61 Å². The van der Waals surface area contributed by atoms with E-state index in [1.165, 1.54) is 12.4 Å². The van der Waals surface area contributed by atoms with Crippen molar-refractivity contribution in [3.63, 3.8) is 0 Å². The van der Waals surface area contributed by atoms with Gasteiger partial charge in [-0.1, -0.05) is 11.6 Å². The second-order valence-corrected chi connectivity index (χ2v) is 3.93. The van der Waals surface area contributed by atoms with E-state index in [2.05, 4.69) is 9.97 Å². The maximum atomic E-state index is 12.1. The first-order valence-corrected chi connectivity index (χ1v) is 5.82. The summed E-state index contributed by atoms with van der Waals surface area (Å²) in [5, 5.41) is 0.354. The lowest BCUT2D eigenvalue weighted by Gasteiger charge is -2.04. The van der Waals surface area contributed by atoms with Crippen molar-refractivity contribution < 1.29 is 9.53 Å². The molecule has 0 aliphatic rings. The standard InChI is InChI=1S/C13H11ClN2O2/c1-2-18-11-5-10(6-15-8-11)13(17)9-3-4-12(14)16-7-9/h3-8H,2H2,1H3. The number of nitrogens with zero attached hydrogens (tertiary/aromatic N) is 2. The van der Waals surface area contributed by atoms with Crippen molar-refractivity contribution in [3.05, 3.63) is 53.1 Å². The predicted molar refractivity (Wildman–Crippen MR) is 68.1 cm³/mol. The summed E-state index contributed by atoms with van der Waals surface area (Å²) < 4.78 is 5.30. The molecule has 0 fully saturated rings. The van der Waals surface area contributed by atoms with Gasteiger partial charge in [0.2, 0.25) is 0 Å². The quantitative estimate of drug-likeness (QED) is 0.628. The van der Waals surface area contributed by atoms with Gasteiger partial charge >= 0.3 is 0 Å². The zero-order chi connectivity index (χ0) is 13.0. The first-order chi connectivity index (χ1) is 8.70. The van der Waals surface area contributed by atoms with Crippen LogP contribution in [0.3, 0.4) is 0 Å². The Labute approximate surface area is 110 Å². The van der Waals surface area contributed by atoms with Crippen LogP contribution in [0.4, 0.5) is 0 Å². The van der Waals surface area contributed by atoms with Gasteiger partial charge in [-0.05, 0) is 25.1 Å². The number of ketones is 1. The molecule has 0 bridgehead atoms. The Morgan fingerprint density at radius 2 is 2.11 bits per heavy atom. The molecular weight excluding hydrogens is 252 g/mol. The number of hydrogen-bond acceptors (Lipinski definition) is 4. The number of ether oxygens (including phenoxy) is 1. The molecule has 2 aromatic rings. The molecule has 2 rings (SSSR count). The summed E-state index contributed by atoms with van der Waals surface area (Å²) in [6.45, 7) is 2.40. The van der Waals surface area contributed by atoms with Crippen molar-refractivity contribution in [1.82, 2.24) is 9.97 Å². The van der Waals surface area contributed by atoms with Gasteiger partial charge in [-0.3, -0.25) is 9.78 Å². The molecule has 92 valence electrons. The first-order valence-electron chi connectivity index (χ1n) is 5.45. The van der Waals surface area contributed by atoms with Gasteiger partial charge in [0.25, 0.3) is 0 Å². The van der Waals surface area contributed by atoms with Gasteiger partial charge in [0.05, 0.1) is 12.8 Å². The van der Waals surface area contributed by atoms with Crippen molar-refractivity contribution in [3.8, 4) is 5.75 Å². The monoisotopic (exact) mass is 262 g/mol. The highest BCUT2D eigenvalue weighted by Crippen LogP contribution is 2.15. The van der Waals surface area contributed by atoms with Gasteiger partial charge < -0.3 is 4.74 Å². The van der Waals surface area contributed by atoms with E-state index >= 15 is 0 Å². The molecule has 0 N–H and O–H groups in total. The molecule has 5 heteroatoms. The number of carbonyl (C=O) groups excluding carboxylic acids is 1. The SMILES string of the molecule is CCOc1cncc(C(=O)c2ccc(Cl)nc2)c1. The minimum Gasteiger partial charge on any atom is -0.492 e. The molecule has 0 atom stereocenters. The molecule has 0 saturated heterocycles. The molecule has 0 unspecified atom stereocenters. The van der Waals surface area contributed by atoms with Crippen LogP contribution in [0.5, 0.6) is 5.75 Å². The topological polar surface area (TPSA) is 52.1 Å². The summed E-state index contributed by atoms with van der Waals surface area (Å²) >= 11 is 5.67. The van der Waals surface area contributed by atoms with Gasteiger partial charge in [0, 0.05) is 23.5 Å². The Hall–Kier alpha value is -1.94. The third-order valence-corrected chi connectivity index (χ3v) is 2.50. The van der Waals surface area contributed by atoms with Crippen LogP contribution in [0.1, 0.15) is 22.8 Å². The zero-order valence-electron chi connectivity index (χ0n) is 9.76. The largest absolute Gasteiger partial charge is 0.492 e. The number of pyridine rings is 2. The summed E-state index contributed by atoms with van der Waals surface area (Å²) in [6.07, 6.45) is 4.51. The van der Waals surface area contributed by atoms with E-state index in [9.17, 15) is 4.79 Å². The molecular formula is C13H11ClN2O2. The fourth-order valence-corrected chi connectivity index (χ4v) is 1.58. The minimum atomic E-state index is -0.159. The van der Waals surface area contributed by atoms with Crippen LogP contribution in [0, 0.1) is 0 Å². The number of halogens is 1. The van der Waals surface area contributed by atoms with E-state index in [1.807, 2.05) is 6.92 Å². The van der Waals surface area contributed by atoms with Crippen molar-refractivity contribution >= 4 is 17.4 Å². The maximum absolute atomic E-state index is 12.1. The van der Waals surface area contributed by atoms with E-state index < -0.39 is 0 Å². The minimum absolute atomic E-state index is 0.159. The number of hydrogen-bond donors (Lipinski definition) is 0. The molecule has 0 aliphatic carbocycles. The Kier molecular flexibility index (Phi) is 3.89. The fourth-order valence-electron chi connectivity index (χ4n) is 1.47. The molecule has 0 aliphatic heterocycles. The molecule has 2 aromatic heterocycles. The second-order valence-electron chi connectivity index (χ2n) is 3.54. The third-order valence-electron chi connectivity index (χ3n) is 2.28. The third kappa shape index (κ3) is 2.84. The average molecular weight is 263 g/mol. The van der Waals surface area contributed by atoms with E-state index in [-0.39, 0.29) is 5.78 Å². The number of aromatic nitrogens is 2. The normalized spacial score (nSPS) is 10.1. The number of carbonyl (C=O) groups is 1. The highest BCUT2D eigenvalue weighted by Gasteiger charge is 2.10. The average Bonchev–Trinajstić information content (AvgIpc) is 2.39. The van der Waals surface area contributed by atoms with Crippen molar-refractivity contribution in [2.45, 2.75) is 6.92 Å². The van der Waals surface area contributed by atoms with Gasteiger partial charge in [0.15, 0.2) is 5.78 Å². The van der Waals surface area contributed by atoms with Gasteiger partial charge in [-0.2, -0.15) is 0 Å². The summed E-state index contributed by atoms with van der Waals surface area (Å²) in [5.74, 6) is 0.415. The van der Waals surface area contributed by atoms with E-state index in [0.29, 0.717) is 28.6 Å². The van der Waals surface area contributed by atoms with E-state index in [4.69, 9.17) is 16.3 Å². The fraction of sp³-hybridized carbons (Fsp3) is 0.154. The van der Waals surface area contributed by atoms with Crippen LogP contribution in [-0.2, 0) is 0 Å². The van der Waals surface area contributed by atoms with E-state index in [0.717, 1.165) is 0 Å². The van der Waals surface area contributed by atoms with Gasteiger partial charge in [0.1, 0.15) is 10.9 Å². The molecule has 0 saturated carbocycles. The lowest BCUT2D eigenvalue weighted by Crippen LogP contribution is -2.03. The molecule has 0 aromatic carbocycles. The lowest BCUT2D eigenvalue weighted by molar-refractivity contribution is 0.103. The maximum Gasteiger partial charge on any atom is 0.196 e. The van der Waals surface area contributed by atoms with Gasteiger partial charge in [-0.15, -0.1) is 0 Å². The van der Waals surface area contributed by atoms with Gasteiger partial charge in [-0.25, -0.2) is 4.98 Å². The molecule has 18 heavy (non-hydrogen) atoms. The van der Waals surface area contributed by atoms with Crippen molar-refractivity contribution in [2.24, 2.45) is 0 Å². The summed E-state index contributed by atoms with van der Waals surface area (Å²) in [5.41, 5.74) is 0.930.